The normalized spacial score (nSPS) is 11.2. The summed E-state index contributed by atoms with van der Waals surface area (Å²) in [6.45, 7) is -0.676. The van der Waals surface area contributed by atoms with E-state index in [9.17, 15) is 27.9 Å². The molecule has 0 aliphatic heterocycles. The summed E-state index contributed by atoms with van der Waals surface area (Å²) in [4.78, 5) is 25.8. The Morgan fingerprint density at radius 3 is 2.40 bits per heavy atom. The van der Waals surface area contributed by atoms with Crippen molar-refractivity contribution in [2.45, 2.75) is 6.18 Å². The maximum Gasteiger partial charge on any atom is 0.416 e. The summed E-state index contributed by atoms with van der Waals surface area (Å²) in [5.74, 6) is -2.84. The van der Waals surface area contributed by atoms with E-state index in [1.807, 2.05) is 5.32 Å². The molecule has 3 N–H and O–H groups in total. The second-order valence-corrected chi connectivity index (χ2v) is 5.33. The third-order valence-corrected chi connectivity index (χ3v) is 3.26. The van der Waals surface area contributed by atoms with Crippen LogP contribution in [0.5, 0.6) is 5.75 Å². The van der Waals surface area contributed by atoms with E-state index in [0.717, 1.165) is 24.4 Å². The Balaban J connectivity index is 2.36. The Bertz CT molecular complexity index is 840. The molecule has 0 spiro atoms. The molecule has 1 heterocycles. The number of hydrogen-bond acceptors (Lipinski definition) is 4. The van der Waals surface area contributed by atoms with Crippen LogP contribution in [-0.2, 0) is 11.0 Å². The van der Waals surface area contributed by atoms with Gasteiger partial charge in [0.25, 0.3) is 5.91 Å². The van der Waals surface area contributed by atoms with Crippen molar-refractivity contribution in [2.75, 3.05) is 6.54 Å². The number of carboxylic acids is 1. The van der Waals surface area contributed by atoms with Crippen LogP contribution in [0.25, 0.3) is 11.1 Å². The number of nitrogens with zero attached hydrogens (tertiary/aromatic N) is 1. The number of aromatic nitrogens is 1. The van der Waals surface area contributed by atoms with Gasteiger partial charge < -0.3 is 15.5 Å². The van der Waals surface area contributed by atoms with E-state index in [0.29, 0.717) is 0 Å². The SMILES string of the molecule is O=C(O)CNC(=O)c1ncc(-c2cc(Cl)cc(C(F)(F)F)c2)cc1O. The van der Waals surface area contributed by atoms with Gasteiger partial charge in [0, 0.05) is 16.8 Å². The molecule has 2 rings (SSSR count). The Morgan fingerprint density at radius 1 is 1.16 bits per heavy atom. The minimum atomic E-state index is -4.61. The van der Waals surface area contributed by atoms with Gasteiger partial charge in [-0.3, -0.25) is 9.59 Å². The van der Waals surface area contributed by atoms with Crippen LogP contribution in [0.15, 0.2) is 30.5 Å². The number of rotatable bonds is 4. The smallest absolute Gasteiger partial charge is 0.416 e. The molecule has 1 aromatic heterocycles. The first kappa shape index (κ1) is 18.5. The summed E-state index contributed by atoms with van der Waals surface area (Å²) in [6, 6.07) is 3.87. The Morgan fingerprint density at radius 2 is 1.84 bits per heavy atom. The first-order valence-electron chi connectivity index (χ1n) is 6.65. The predicted octanol–water partition coefficient (Wildman–Crippen LogP) is 2.94. The molecule has 0 saturated carbocycles. The second-order valence-electron chi connectivity index (χ2n) is 4.89. The number of pyridine rings is 1. The Hall–Kier alpha value is -2.81. The molecule has 10 heteroatoms. The van der Waals surface area contributed by atoms with Crippen LogP contribution in [0, 0.1) is 0 Å². The number of hydrogen-bond donors (Lipinski definition) is 3. The average Bonchev–Trinajstić information content (AvgIpc) is 2.51. The van der Waals surface area contributed by atoms with Crippen molar-refractivity contribution >= 4 is 23.5 Å². The van der Waals surface area contributed by atoms with Crippen molar-refractivity contribution in [3.05, 3.63) is 46.7 Å². The molecule has 0 saturated heterocycles. The number of aliphatic carboxylic acids is 1. The first-order chi connectivity index (χ1) is 11.6. The number of amides is 1. The van der Waals surface area contributed by atoms with Crippen LogP contribution >= 0.6 is 11.6 Å². The van der Waals surface area contributed by atoms with Crippen molar-refractivity contribution in [2.24, 2.45) is 0 Å². The summed E-state index contributed by atoms with van der Waals surface area (Å²) in [6.07, 6.45) is -3.53. The zero-order valence-corrected chi connectivity index (χ0v) is 13.0. The van der Waals surface area contributed by atoms with Gasteiger partial charge in [-0.25, -0.2) is 4.98 Å². The lowest BCUT2D eigenvalue weighted by Gasteiger charge is -2.11. The zero-order chi connectivity index (χ0) is 18.8. The summed E-state index contributed by atoms with van der Waals surface area (Å²) in [5, 5.41) is 20.2. The van der Waals surface area contributed by atoms with Gasteiger partial charge >= 0.3 is 12.1 Å². The third-order valence-electron chi connectivity index (χ3n) is 3.04. The summed E-state index contributed by atoms with van der Waals surface area (Å²) >= 11 is 5.70. The number of alkyl halides is 3. The molecule has 0 atom stereocenters. The number of halogens is 4. The van der Waals surface area contributed by atoms with Crippen LogP contribution in [0.4, 0.5) is 13.2 Å². The zero-order valence-electron chi connectivity index (χ0n) is 12.3. The second kappa shape index (κ2) is 6.98. The molecule has 132 valence electrons. The number of carbonyl (C=O) groups is 2. The number of carbonyl (C=O) groups excluding carboxylic acids is 1. The highest BCUT2D eigenvalue weighted by Crippen LogP contribution is 2.35. The highest BCUT2D eigenvalue weighted by atomic mass is 35.5. The van der Waals surface area contributed by atoms with E-state index in [1.54, 1.807) is 0 Å². The molecule has 1 aromatic carbocycles. The maximum atomic E-state index is 12.8. The fourth-order valence-electron chi connectivity index (χ4n) is 1.95. The van der Waals surface area contributed by atoms with E-state index in [2.05, 4.69) is 4.98 Å². The molecule has 6 nitrogen and oxygen atoms in total. The van der Waals surface area contributed by atoms with Crippen molar-refractivity contribution in [1.82, 2.24) is 10.3 Å². The molecule has 0 unspecified atom stereocenters. The molecule has 0 bridgehead atoms. The molecule has 0 aliphatic rings. The van der Waals surface area contributed by atoms with Gasteiger partial charge in [0.15, 0.2) is 5.69 Å². The van der Waals surface area contributed by atoms with E-state index in [-0.39, 0.29) is 16.1 Å². The summed E-state index contributed by atoms with van der Waals surface area (Å²) < 4.78 is 38.5. The molecule has 0 aliphatic carbocycles. The Kier molecular flexibility index (Phi) is 5.17. The van der Waals surface area contributed by atoms with E-state index in [4.69, 9.17) is 16.7 Å². The summed E-state index contributed by atoms with van der Waals surface area (Å²) in [7, 11) is 0. The van der Waals surface area contributed by atoms with Crippen molar-refractivity contribution in [3.8, 4) is 16.9 Å². The average molecular weight is 375 g/mol. The summed E-state index contributed by atoms with van der Waals surface area (Å²) in [5.41, 5.74) is -1.29. The fourth-order valence-corrected chi connectivity index (χ4v) is 2.18. The Labute approximate surface area is 143 Å². The predicted molar refractivity (Wildman–Crippen MR) is 81.3 cm³/mol. The molecule has 0 fully saturated rings. The lowest BCUT2D eigenvalue weighted by molar-refractivity contribution is -0.137. The lowest BCUT2D eigenvalue weighted by Crippen LogP contribution is -2.29. The fraction of sp³-hybridized carbons (Fsp3) is 0.133. The van der Waals surface area contributed by atoms with Gasteiger partial charge in [0.1, 0.15) is 12.3 Å². The van der Waals surface area contributed by atoms with E-state index in [1.165, 1.54) is 6.07 Å². The largest absolute Gasteiger partial charge is 0.505 e. The van der Waals surface area contributed by atoms with E-state index < -0.39 is 41.6 Å². The van der Waals surface area contributed by atoms with Crippen molar-refractivity contribution in [3.63, 3.8) is 0 Å². The minimum Gasteiger partial charge on any atom is -0.505 e. The molecule has 0 radical (unpaired) electrons. The van der Waals surface area contributed by atoms with Gasteiger partial charge in [0.05, 0.1) is 5.56 Å². The molecule has 1 amide bonds. The van der Waals surface area contributed by atoms with Gasteiger partial charge in [-0.15, -0.1) is 0 Å². The third kappa shape index (κ3) is 4.60. The molecular formula is C15H10ClF3N2O4. The topological polar surface area (TPSA) is 99.5 Å². The lowest BCUT2D eigenvalue weighted by atomic mass is 10.0. The van der Waals surface area contributed by atoms with Gasteiger partial charge in [-0.05, 0) is 29.8 Å². The van der Waals surface area contributed by atoms with Gasteiger partial charge in [-0.2, -0.15) is 13.2 Å². The van der Waals surface area contributed by atoms with Crippen LogP contribution in [-0.4, -0.2) is 33.6 Å². The number of aromatic hydroxyl groups is 1. The van der Waals surface area contributed by atoms with Crippen LogP contribution < -0.4 is 5.32 Å². The van der Waals surface area contributed by atoms with Gasteiger partial charge in [-0.1, -0.05) is 11.6 Å². The van der Waals surface area contributed by atoms with Crippen LogP contribution in [0.1, 0.15) is 16.1 Å². The minimum absolute atomic E-state index is 0.0418. The molecule has 25 heavy (non-hydrogen) atoms. The highest BCUT2D eigenvalue weighted by molar-refractivity contribution is 6.31. The number of carboxylic acid groups (broad SMARTS) is 1. The standard InChI is InChI=1S/C15H10ClF3N2O4/c16-10-2-7(1-9(4-10)15(17,18)19)8-3-11(22)13(20-5-8)14(25)21-6-12(23)24/h1-5,22H,6H2,(H,21,25)(H,23,24). The van der Waals surface area contributed by atoms with Gasteiger partial charge in [0.2, 0.25) is 0 Å². The van der Waals surface area contributed by atoms with Crippen LogP contribution in [0.3, 0.4) is 0 Å². The van der Waals surface area contributed by atoms with Crippen molar-refractivity contribution in [1.29, 1.82) is 0 Å². The van der Waals surface area contributed by atoms with E-state index >= 15 is 0 Å². The quantitative estimate of drug-likeness (QED) is 0.764. The highest BCUT2D eigenvalue weighted by Gasteiger charge is 2.31. The first-order valence-corrected chi connectivity index (χ1v) is 7.03. The van der Waals surface area contributed by atoms with Crippen molar-refractivity contribution < 1.29 is 33.0 Å². The maximum absolute atomic E-state index is 12.8. The number of nitrogens with one attached hydrogen (secondary N) is 1. The molecular weight excluding hydrogens is 365 g/mol. The molecule has 2 aromatic rings. The van der Waals surface area contributed by atoms with Crippen LogP contribution in [0.2, 0.25) is 5.02 Å². The number of benzene rings is 1. The monoisotopic (exact) mass is 374 g/mol.